The molecule has 3 fully saturated rings. The van der Waals surface area contributed by atoms with Gasteiger partial charge in [-0.2, -0.15) is 0 Å². The highest BCUT2D eigenvalue weighted by molar-refractivity contribution is 5.76. The summed E-state index contributed by atoms with van der Waals surface area (Å²) in [7, 11) is 0. The van der Waals surface area contributed by atoms with E-state index in [1.807, 2.05) is 0 Å². The van der Waals surface area contributed by atoms with Gasteiger partial charge in [-0.3, -0.25) is 4.79 Å². The van der Waals surface area contributed by atoms with Crippen LogP contribution in [0.3, 0.4) is 0 Å². The van der Waals surface area contributed by atoms with Crippen molar-refractivity contribution >= 4 is 5.91 Å². The fourth-order valence-electron chi connectivity index (χ4n) is 4.91. The molecule has 114 valence electrons. The second-order valence-electron chi connectivity index (χ2n) is 7.57. The highest BCUT2D eigenvalue weighted by Gasteiger charge is 2.31. The first-order valence-electron chi connectivity index (χ1n) is 9.09. The van der Waals surface area contributed by atoms with Crippen LogP contribution in [0.25, 0.3) is 0 Å². The van der Waals surface area contributed by atoms with Crippen molar-refractivity contribution in [2.24, 2.45) is 17.8 Å². The number of likely N-dealkylation sites (tertiary alicyclic amines) is 1. The maximum Gasteiger partial charge on any atom is 0.222 e. The highest BCUT2D eigenvalue weighted by Crippen LogP contribution is 2.43. The lowest BCUT2D eigenvalue weighted by atomic mass is 9.67. The van der Waals surface area contributed by atoms with Crippen LogP contribution in [0.5, 0.6) is 0 Å². The molecule has 1 aliphatic heterocycles. The molecule has 0 aromatic heterocycles. The predicted octanol–water partition coefficient (Wildman–Crippen LogP) is 4.39. The molecule has 0 aromatic rings. The molecule has 2 nitrogen and oxygen atoms in total. The van der Waals surface area contributed by atoms with Crippen molar-refractivity contribution in [3.05, 3.63) is 0 Å². The Morgan fingerprint density at radius 2 is 1.50 bits per heavy atom. The number of carbonyl (C=O) groups is 1. The molecule has 1 saturated heterocycles. The van der Waals surface area contributed by atoms with E-state index >= 15 is 0 Å². The first-order chi connectivity index (χ1) is 9.81. The molecule has 0 N–H and O–H groups in total. The molecule has 2 bridgehead atoms. The molecule has 2 unspecified atom stereocenters. The largest absolute Gasteiger partial charge is 0.343 e. The summed E-state index contributed by atoms with van der Waals surface area (Å²) in [4.78, 5) is 14.5. The van der Waals surface area contributed by atoms with E-state index in [1.165, 1.54) is 70.6 Å². The van der Waals surface area contributed by atoms with Gasteiger partial charge in [-0.05, 0) is 56.3 Å². The fraction of sp³-hybridized carbons (Fsp3) is 0.944. The molecule has 2 heteroatoms. The predicted molar refractivity (Wildman–Crippen MR) is 82.5 cm³/mol. The van der Waals surface area contributed by atoms with Gasteiger partial charge in [0.05, 0.1) is 0 Å². The van der Waals surface area contributed by atoms with Gasteiger partial charge in [0.2, 0.25) is 5.91 Å². The lowest BCUT2D eigenvalue weighted by Gasteiger charge is -2.39. The van der Waals surface area contributed by atoms with Gasteiger partial charge < -0.3 is 4.90 Å². The third kappa shape index (κ3) is 3.77. The number of rotatable bonds is 3. The molecule has 20 heavy (non-hydrogen) atoms. The molecule has 2 atom stereocenters. The smallest absolute Gasteiger partial charge is 0.222 e. The standard InChI is InChI=1S/C18H31NO/c20-18(19-10-3-1-2-4-11-19)9-8-17-13-15-6-5-7-16(12-15)14-17/h15-17H,1-14H2. The number of nitrogens with zero attached hydrogens (tertiary/aromatic N) is 1. The Labute approximate surface area is 124 Å². The third-order valence-corrected chi connectivity index (χ3v) is 5.95. The van der Waals surface area contributed by atoms with E-state index in [9.17, 15) is 4.79 Å². The van der Waals surface area contributed by atoms with Gasteiger partial charge in [-0.15, -0.1) is 0 Å². The summed E-state index contributed by atoms with van der Waals surface area (Å²) < 4.78 is 0. The van der Waals surface area contributed by atoms with Crippen molar-refractivity contribution in [3.63, 3.8) is 0 Å². The molecule has 3 aliphatic rings. The lowest BCUT2D eigenvalue weighted by Crippen LogP contribution is -2.33. The van der Waals surface area contributed by atoms with Gasteiger partial charge in [0.1, 0.15) is 0 Å². The van der Waals surface area contributed by atoms with Gasteiger partial charge in [0.25, 0.3) is 0 Å². The summed E-state index contributed by atoms with van der Waals surface area (Å²) in [5, 5.41) is 0. The second kappa shape index (κ2) is 6.95. The zero-order valence-corrected chi connectivity index (χ0v) is 13.0. The Kier molecular flexibility index (Phi) is 5.01. The summed E-state index contributed by atoms with van der Waals surface area (Å²) in [6.45, 7) is 2.05. The second-order valence-corrected chi connectivity index (χ2v) is 7.57. The average Bonchev–Trinajstić information content (AvgIpc) is 2.73. The minimum absolute atomic E-state index is 0.447. The Balaban J connectivity index is 1.43. The Hall–Kier alpha value is -0.530. The SMILES string of the molecule is O=C(CCC1CC2CCCC(C2)C1)N1CCCCCC1. The molecule has 1 heterocycles. The first-order valence-corrected chi connectivity index (χ1v) is 9.09. The van der Waals surface area contributed by atoms with E-state index in [0.717, 1.165) is 37.3 Å². The molecule has 3 rings (SSSR count). The van der Waals surface area contributed by atoms with E-state index in [1.54, 1.807) is 0 Å². The van der Waals surface area contributed by atoms with Crippen LogP contribution < -0.4 is 0 Å². The van der Waals surface area contributed by atoms with E-state index in [-0.39, 0.29) is 0 Å². The van der Waals surface area contributed by atoms with Crippen molar-refractivity contribution in [2.45, 2.75) is 77.0 Å². The van der Waals surface area contributed by atoms with Crippen LogP contribution in [0, 0.1) is 17.8 Å². The van der Waals surface area contributed by atoms with E-state index in [2.05, 4.69) is 4.90 Å². The topological polar surface area (TPSA) is 20.3 Å². The maximum atomic E-state index is 12.4. The number of amides is 1. The van der Waals surface area contributed by atoms with E-state index in [4.69, 9.17) is 0 Å². The van der Waals surface area contributed by atoms with Crippen LogP contribution >= 0.6 is 0 Å². The number of hydrogen-bond acceptors (Lipinski definition) is 1. The van der Waals surface area contributed by atoms with Crippen LogP contribution in [0.1, 0.15) is 77.0 Å². The van der Waals surface area contributed by atoms with Gasteiger partial charge >= 0.3 is 0 Å². The van der Waals surface area contributed by atoms with Crippen LogP contribution in [0.4, 0.5) is 0 Å². The normalized spacial score (nSPS) is 34.6. The summed E-state index contributed by atoms with van der Waals surface area (Å²) in [5.74, 6) is 3.30. The van der Waals surface area contributed by atoms with Crippen molar-refractivity contribution < 1.29 is 4.79 Å². The van der Waals surface area contributed by atoms with Gasteiger partial charge in [-0.25, -0.2) is 0 Å². The van der Waals surface area contributed by atoms with Crippen LogP contribution in [0.15, 0.2) is 0 Å². The fourth-order valence-corrected chi connectivity index (χ4v) is 4.91. The first kappa shape index (κ1) is 14.4. The van der Waals surface area contributed by atoms with Gasteiger partial charge in [0, 0.05) is 19.5 Å². The molecule has 2 aliphatic carbocycles. The summed E-state index contributed by atoms with van der Waals surface area (Å²) in [6.07, 6.45) is 15.8. The minimum Gasteiger partial charge on any atom is -0.343 e. The quantitative estimate of drug-likeness (QED) is 0.749. The van der Waals surface area contributed by atoms with Crippen LogP contribution in [-0.4, -0.2) is 23.9 Å². The molecule has 0 aromatic carbocycles. The number of carbonyl (C=O) groups excluding carboxylic acids is 1. The number of fused-ring (bicyclic) bond motifs is 2. The number of hydrogen-bond donors (Lipinski definition) is 0. The molecule has 0 spiro atoms. The van der Waals surface area contributed by atoms with Crippen LogP contribution in [0.2, 0.25) is 0 Å². The summed E-state index contributed by atoms with van der Waals surface area (Å²) in [6, 6.07) is 0. The zero-order chi connectivity index (χ0) is 13.8. The molecular weight excluding hydrogens is 246 g/mol. The van der Waals surface area contributed by atoms with Crippen molar-refractivity contribution in [1.29, 1.82) is 0 Å². The lowest BCUT2D eigenvalue weighted by molar-refractivity contribution is -0.131. The van der Waals surface area contributed by atoms with Gasteiger partial charge in [-0.1, -0.05) is 32.1 Å². The molecule has 1 amide bonds. The molecule has 0 radical (unpaired) electrons. The zero-order valence-electron chi connectivity index (χ0n) is 13.0. The highest BCUT2D eigenvalue weighted by atomic mass is 16.2. The Morgan fingerprint density at radius 3 is 2.15 bits per heavy atom. The van der Waals surface area contributed by atoms with E-state index in [0.29, 0.717) is 5.91 Å². The van der Waals surface area contributed by atoms with E-state index < -0.39 is 0 Å². The average molecular weight is 277 g/mol. The summed E-state index contributed by atoms with van der Waals surface area (Å²) in [5.41, 5.74) is 0. The van der Waals surface area contributed by atoms with Gasteiger partial charge in [0.15, 0.2) is 0 Å². The Bertz CT molecular complexity index is 307. The maximum absolute atomic E-state index is 12.4. The summed E-state index contributed by atoms with van der Waals surface area (Å²) >= 11 is 0. The minimum atomic E-state index is 0.447. The van der Waals surface area contributed by atoms with Crippen molar-refractivity contribution in [3.8, 4) is 0 Å². The Morgan fingerprint density at radius 1 is 0.850 bits per heavy atom. The molecular formula is C18H31NO. The van der Waals surface area contributed by atoms with Crippen molar-refractivity contribution in [2.75, 3.05) is 13.1 Å². The monoisotopic (exact) mass is 277 g/mol. The van der Waals surface area contributed by atoms with Crippen LogP contribution in [-0.2, 0) is 4.79 Å². The third-order valence-electron chi connectivity index (χ3n) is 5.95. The van der Waals surface area contributed by atoms with Crippen molar-refractivity contribution in [1.82, 2.24) is 4.90 Å². The molecule has 2 saturated carbocycles.